The molecule has 0 amide bonds. The van der Waals surface area contributed by atoms with Crippen molar-refractivity contribution in [1.29, 1.82) is 0 Å². The molecular weight excluding hydrogens is 272 g/mol. The van der Waals surface area contributed by atoms with Crippen LogP contribution in [0.1, 0.15) is 11.8 Å². The van der Waals surface area contributed by atoms with Crippen LogP contribution in [0.15, 0.2) is 39.5 Å². The first kappa shape index (κ1) is 13.8. The van der Waals surface area contributed by atoms with Crippen molar-refractivity contribution in [3.63, 3.8) is 0 Å². The molecule has 2 rings (SSSR count). The summed E-state index contributed by atoms with van der Waals surface area (Å²) in [5.41, 5.74) is -0.420. The summed E-state index contributed by atoms with van der Waals surface area (Å²) in [7, 11) is 0. The van der Waals surface area contributed by atoms with E-state index < -0.39 is 23.1 Å². The van der Waals surface area contributed by atoms with Crippen molar-refractivity contribution in [1.82, 2.24) is 9.55 Å². The molecule has 1 aliphatic rings. The minimum Gasteiger partial charge on any atom is -0.393 e. The van der Waals surface area contributed by atoms with Gasteiger partial charge in [-0.05, 0) is 25.2 Å². The van der Waals surface area contributed by atoms with Crippen LogP contribution in [-0.4, -0.2) is 26.9 Å². The Morgan fingerprint density at radius 2 is 2.37 bits per heavy atom. The number of nitrogens with one attached hydrogen (secondary N) is 1. The van der Waals surface area contributed by atoms with E-state index in [1.165, 1.54) is 22.4 Å². The quantitative estimate of drug-likeness (QED) is 0.788. The summed E-state index contributed by atoms with van der Waals surface area (Å²) in [6, 6.07) is 0. The lowest BCUT2D eigenvalue weighted by Crippen LogP contribution is -2.36. The molecule has 0 saturated heterocycles. The van der Waals surface area contributed by atoms with Gasteiger partial charge >= 0.3 is 5.69 Å². The number of aromatic amines is 1. The van der Waals surface area contributed by atoms with Crippen LogP contribution in [0.5, 0.6) is 0 Å². The molecule has 0 bridgehead atoms. The Kier molecular flexibility index (Phi) is 3.75. The van der Waals surface area contributed by atoms with Crippen molar-refractivity contribution < 1.29 is 9.84 Å². The number of rotatable bonds is 3. The first-order chi connectivity index (χ1) is 9.01. The van der Waals surface area contributed by atoms with Crippen molar-refractivity contribution in [2.24, 2.45) is 0 Å². The second-order valence-electron chi connectivity index (χ2n) is 4.25. The first-order valence-corrected chi connectivity index (χ1v) is 6.03. The van der Waals surface area contributed by atoms with Crippen LogP contribution in [0, 0.1) is 6.92 Å². The zero-order chi connectivity index (χ0) is 14.0. The van der Waals surface area contributed by atoms with E-state index in [0.717, 1.165) is 0 Å². The van der Waals surface area contributed by atoms with Gasteiger partial charge in [0.1, 0.15) is 5.60 Å². The van der Waals surface area contributed by atoms with E-state index in [0.29, 0.717) is 5.56 Å². The summed E-state index contributed by atoms with van der Waals surface area (Å²) in [6.45, 7) is 1.28. The molecule has 6 nitrogen and oxygen atoms in total. The summed E-state index contributed by atoms with van der Waals surface area (Å²) in [5, 5.41) is 9.35. The second-order valence-corrected chi connectivity index (χ2v) is 4.50. The molecule has 1 aromatic rings. The maximum atomic E-state index is 11.7. The summed E-state index contributed by atoms with van der Waals surface area (Å²) in [5.74, 6) is 0. The van der Waals surface area contributed by atoms with E-state index in [1.54, 1.807) is 19.1 Å². The van der Waals surface area contributed by atoms with E-state index in [2.05, 4.69) is 4.98 Å². The van der Waals surface area contributed by atoms with Gasteiger partial charge in [0, 0.05) is 17.3 Å². The Balaban J connectivity index is 2.37. The molecule has 0 aromatic carbocycles. The highest BCUT2D eigenvalue weighted by molar-refractivity contribution is 6.25. The predicted octanol–water partition coefficient (Wildman–Crippen LogP) is 0.414. The maximum absolute atomic E-state index is 11.7. The fraction of sp³-hybridized carbons (Fsp3) is 0.333. The Labute approximate surface area is 113 Å². The number of aliphatic hydroxyl groups is 1. The van der Waals surface area contributed by atoms with E-state index in [9.17, 15) is 14.7 Å². The molecule has 19 heavy (non-hydrogen) atoms. The fourth-order valence-corrected chi connectivity index (χ4v) is 2.03. The van der Waals surface area contributed by atoms with Crippen molar-refractivity contribution in [2.75, 3.05) is 6.61 Å². The standard InChI is InChI=1S/C12H13ClN2O4/c1-8-6-15(11(18)14-10(8)17)9-2-3-12(7-16,19-9)4-5-13/h2-6,9,16H,7H2,1H3,(H,14,17,18)/t9-,12-/m1/s1. The molecule has 2 N–H and O–H groups in total. The van der Waals surface area contributed by atoms with Gasteiger partial charge in [-0.25, -0.2) is 4.79 Å². The molecule has 0 unspecified atom stereocenters. The maximum Gasteiger partial charge on any atom is 0.330 e. The van der Waals surface area contributed by atoms with Gasteiger partial charge in [-0.3, -0.25) is 14.3 Å². The molecule has 2 heterocycles. The van der Waals surface area contributed by atoms with Crippen molar-refractivity contribution >= 4 is 11.6 Å². The first-order valence-electron chi connectivity index (χ1n) is 5.59. The van der Waals surface area contributed by atoms with Crippen LogP contribution in [0.4, 0.5) is 0 Å². The van der Waals surface area contributed by atoms with Crippen LogP contribution >= 0.6 is 11.6 Å². The van der Waals surface area contributed by atoms with E-state index in [-0.39, 0.29) is 6.61 Å². The number of halogens is 1. The van der Waals surface area contributed by atoms with Crippen LogP contribution in [0.25, 0.3) is 0 Å². The number of aliphatic hydroxyl groups excluding tert-OH is 1. The summed E-state index contributed by atoms with van der Waals surface area (Å²) in [6.07, 6.45) is 5.42. The number of ether oxygens (including phenoxy) is 1. The SMILES string of the molecule is Cc1cn([C@H]2C=C[C@@](C=CCl)(CO)O2)c(=O)[nH]c1=O. The number of aromatic nitrogens is 2. The van der Waals surface area contributed by atoms with Crippen molar-refractivity contribution in [3.8, 4) is 0 Å². The van der Waals surface area contributed by atoms with E-state index in [1.807, 2.05) is 0 Å². The third kappa shape index (κ3) is 2.56. The molecule has 1 aromatic heterocycles. The van der Waals surface area contributed by atoms with Gasteiger partial charge in [0.15, 0.2) is 6.23 Å². The van der Waals surface area contributed by atoms with Crippen LogP contribution in [0.2, 0.25) is 0 Å². The zero-order valence-electron chi connectivity index (χ0n) is 10.2. The topological polar surface area (TPSA) is 84.3 Å². The monoisotopic (exact) mass is 284 g/mol. The average molecular weight is 285 g/mol. The van der Waals surface area contributed by atoms with Gasteiger partial charge in [0.25, 0.3) is 5.56 Å². The molecule has 102 valence electrons. The minimum atomic E-state index is -1.05. The highest BCUT2D eigenvalue weighted by Gasteiger charge is 2.33. The molecular formula is C12H13ClN2O4. The Hall–Kier alpha value is -1.63. The Morgan fingerprint density at radius 3 is 3.00 bits per heavy atom. The highest BCUT2D eigenvalue weighted by atomic mass is 35.5. The van der Waals surface area contributed by atoms with Crippen molar-refractivity contribution in [3.05, 3.63) is 56.4 Å². The molecule has 0 radical (unpaired) electrons. The van der Waals surface area contributed by atoms with Gasteiger partial charge in [0.05, 0.1) is 6.61 Å². The molecule has 1 aliphatic heterocycles. The molecule has 0 fully saturated rings. The highest BCUT2D eigenvalue weighted by Crippen LogP contribution is 2.30. The summed E-state index contributed by atoms with van der Waals surface area (Å²) in [4.78, 5) is 25.2. The number of aryl methyl sites for hydroxylation is 1. The number of hydrogen-bond donors (Lipinski definition) is 2. The lowest BCUT2D eigenvalue weighted by atomic mass is 10.1. The van der Waals surface area contributed by atoms with E-state index in [4.69, 9.17) is 16.3 Å². The van der Waals surface area contributed by atoms with Crippen LogP contribution in [-0.2, 0) is 4.74 Å². The zero-order valence-corrected chi connectivity index (χ0v) is 10.9. The number of H-pyrrole nitrogens is 1. The van der Waals surface area contributed by atoms with E-state index >= 15 is 0 Å². The molecule has 0 aliphatic carbocycles. The number of nitrogens with zero attached hydrogens (tertiary/aromatic N) is 1. The lowest BCUT2D eigenvalue weighted by Gasteiger charge is -2.23. The van der Waals surface area contributed by atoms with Crippen LogP contribution < -0.4 is 11.2 Å². The normalized spacial score (nSPS) is 26.4. The second kappa shape index (κ2) is 5.16. The van der Waals surface area contributed by atoms with Gasteiger partial charge in [-0.2, -0.15) is 0 Å². The average Bonchev–Trinajstić information content (AvgIpc) is 2.79. The third-order valence-electron chi connectivity index (χ3n) is 2.90. The van der Waals surface area contributed by atoms with Gasteiger partial charge in [-0.15, -0.1) is 0 Å². The van der Waals surface area contributed by atoms with Gasteiger partial charge in [-0.1, -0.05) is 11.6 Å². The Bertz CT molecular complexity index is 646. The molecule has 0 saturated carbocycles. The van der Waals surface area contributed by atoms with Crippen molar-refractivity contribution in [2.45, 2.75) is 18.8 Å². The molecule has 7 heteroatoms. The predicted molar refractivity (Wildman–Crippen MR) is 70.1 cm³/mol. The van der Waals surface area contributed by atoms with Gasteiger partial charge < -0.3 is 9.84 Å². The minimum absolute atomic E-state index is 0.305. The van der Waals surface area contributed by atoms with Crippen LogP contribution in [0.3, 0.4) is 0 Å². The number of hydrogen-bond acceptors (Lipinski definition) is 4. The molecule has 0 spiro atoms. The largest absolute Gasteiger partial charge is 0.393 e. The summed E-state index contributed by atoms with van der Waals surface area (Å²) < 4.78 is 6.85. The molecule has 2 atom stereocenters. The lowest BCUT2D eigenvalue weighted by molar-refractivity contribution is -0.0559. The third-order valence-corrected chi connectivity index (χ3v) is 3.02. The van der Waals surface area contributed by atoms with Gasteiger partial charge in [0.2, 0.25) is 0 Å². The summed E-state index contributed by atoms with van der Waals surface area (Å²) >= 11 is 5.50. The Morgan fingerprint density at radius 1 is 1.63 bits per heavy atom. The smallest absolute Gasteiger partial charge is 0.330 e. The fourth-order valence-electron chi connectivity index (χ4n) is 1.82.